The van der Waals surface area contributed by atoms with Crippen LogP contribution in [-0.4, -0.2) is 27.2 Å². The van der Waals surface area contributed by atoms with Crippen LogP contribution in [0.1, 0.15) is 16.1 Å². The van der Waals surface area contributed by atoms with Gasteiger partial charge in [-0.1, -0.05) is 36.4 Å². The topological polar surface area (TPSA) is 79.8 Å². The summed E-state index contributed by atoms with van der Waals surface area (Å²) in [5, 5.41) is 9.28. The number of aromatic amines is 1. The van der Waals surface area contributed by atoms with E-state index in [2.05, 4.69) is 21.5 Å². The Balaban J connectivity index is 1.55. The van der Waals surface area contributed by atoms with Gasteiger partial charge in [0.1, 0.15) is 0 Å². The molecule has 4 aromatic rings. The van der Waals surface area contributed by atoms with Crippen molar-refractivity contribution in [2.75, 3.05) is 6.54 Å². The van der Waals surface area contributed by atoms with Crippen LogP contribution in [0.5, 0.6) is 0 Å². The summed E-state index contributed by atoms with van der Waals surface area (Å²) in [4.78, 5) is 28.0. The summed E-state index contributed by atoms with van der Waals surface area (Å²) >= 11 is 0. The van der Waals surface area contributed by atoms with E-state index in [1.165, 1.54) is 4.68 Å². The molecule has 0 unspecified atom stereocenters. The van der Waals surface area contributed by atoms with Gasteiger partial charge in [-0.3, -0.25) is 9.59 Å². The number of benzene rings is 2. The normalized spacial score (nSPS) is 11.1. The molecule has 0 atom stereocenters. The van der Waals surface area contributed by atoms with Crippen molar-refractivity contribution in [2.24, 2.45) is 7.05 Å². The number of rotatable bonds is 4. The van der Waals surface area contributed by atoms with Crippen LogP contribution in [0, 0.1) is 0 Å². The lowest BCUT2D eigenvalue weighted by atomic mass is 10.1. The molecule has 26 heavy (non-hydrogen) atoms. The molecule has 4 rings (SSSR count). The van der Waals surface area contributed by atoms with E-state index in [0.717, 1.165) is 16.5 Å². The molecule has 0 radical (unpaired) electrons. The molecule has 0 aliphatic heterocycles. The molecule has 0 fully saturated rings. The molecule has 2 N–H and O–H groups in total. The maximum atomic E-state index is 12.6. The van der Waals surface area contributed by atoms with Crippen LogP contribution < -0.4 is 10.9 Å². The Morgan fingerprint density at radius 1 is 1.08 bits per heavy atom. The zero-order chi connectivity index (χ0) is 18.1. The molecule has 2 aromatic carbocycles. The highest BCUT2D eigenvalue weighted by Crippen LogP contribution is 2.18. The van der Waals surface area contributed by atoms with Crippen molar-refractivity contribution in [3.8, 4) is 0 Å². The molecule has 0 saturated carbocycles. The number of aromatic nitrogens is 3. The number of carbonyl (C=O) groups excluding carboxylic acids is 1. The van der Waals surface area contributed by atoms with Gasteiger partial charge in [0.2, 0.25) is 0 Å². The Labute approximate surface area is 149 Å². The summed E-state index contributed by atoms with van der Waals surface area (Å²) in [6.45, 7) is 0.486. The van der Waals surface area contributed by atoms with Crippen molar-refractivity contribution >= 4 is 27.6 Å². The quantitative estimate of drug-likeness (QED) is 0.595. The molecule has 2 aromatic heterocycles. The summed E-state index contributed by atoms with van der Waals surface area (Å²) in [6, 6.07) is 15.1. The molecule has 0 aliphatic carbocycles. The summed E-state index contributed by atoms with van der Waals surface area (Å²) in [5.74, 6) is -0.281. The Hall–Kier alpha value is -3.41. The summed E-state index contributed by atoms with van der Waals surface area (Å²) in [6.07, 6.45) is 2.68. The molecule has 0 spiro atoms. The average Bonchev–Trinajstić information content (AvgIpc) is 3.08. The first kappa shape index (κ1) is 16.1. The fraction of sp³-hybridized carbons (Fsp3) is 0.150. The lowest BCUT2D eigenvalue weighted by Gasteiger charge is -2.08. The number of hydrogen-bond acceptors (Lipinski definition) is 3. The third-order valence-corrected chi connectivity index (χ3v) is 4.53. The second-order valence-corrected chi connectivity index (χ2v) is 6.19. The molecular formula is C20H18N4O2. The van der Waals surface area contributed by atoms with Gasteiger partial charge in [0.15, 0.2) is 5.69 Å². The second kappa shape index (κ2) is 6.48. The average molecular weight is 346 g/mol. The van der Waals surface area contributed by atoms with Gasteiger partial charge in [-0.15, -0.1) is 0 Å². The van der Waals surface area contributed by atoms with Crippen molar-refractivity contribution in [1.82, 2.24) is 20.1 Å². The minimum Gasteiger partial charge on any atom is -0.361 e. The van der Waals surface area contributed by atoms with Gasteiger partial charge in [0, 0.05) is 36.1 Å². The van der Waals surface area contributed by atoms with Crippen LogP contribution in [0.4, 0.5) is 0 Å². The number of aryl methyl sites for hydroxylation is 1. The van der Waals surface area contributed by atoms with E-state index < -0.39 is 0 Å². The number of nitrogens with zero attached hydrogens (tertiary/aromatic N) is 2. The summed E-state index contributed by atoms with van der Waals surface area (Å²) < 4.78 is 1.21. The predicted molar refractivity (Wildman–Crippen MR) is 101 cm³/mol. The van der Waals surface area contributed by atoms with Crippen LogP contribution in [-0.2, 0) is 13.5 Å². The van der Waals surface area contributed by atoms with Gasteiger partial charge in [-0.25, -0.2) is 4.68 Å². The number of carbonyl (C=O) groups is 1. The number of H-pyrrole nitrogens is 1. The summed E-state index contributed by atoms with van der Waals surface area (Å²) in [5.41, 5.74) is 2.29. The minimum atomic E-state index is -0.281. The zero-order valence-electron chi connectivity index (χ0n) is 14.3. The molecule has 6 nitrogen and oxygen atoms in total. The fourth-order valence-corrected chi connectivity index (χ4v) is 3.20. The second-order valence-electron chi connectivity index (χ2n) is 6.19. The van der Waals surface area contributed by atoms with Gasteiger partial charge >= 0.3 is 0 Å². The highest BCUT2D eigenvalue weighted by atomic mass is 16.2. The van der Waals surface area contributed by atoms with Crippen molar-refractivity contribution in [3.05, 3.63) is 76.3 Å². The van der Waals surface area contributed by atoms with Crippen LogP contribution in [0.15, 0.2) is 59.5 Å². The number of amides is 1. The van der Waals surface area contributed by atoms with E-state index in [0.29, 0.717) is 23.7 Å². The lowest BCUT2D eigenvalue weighted by molar-refractivity contribution is 0.0949. The Bertz CT molecular complexity index is 1170. The lowest BCUT2D eigenvalue weighted by Crippen LogP contribution is -2.30. The van der Waals surface area contributed by atoms with Gasteiger partial charge in [0.25, 0.3) is 11.5 Å². The maximum absolute atomic E-state index is 12.6. The molecule has 0 bridgehead atoms. The Morgan fingerprint density at radius 3 is 2.58 bits per heavy atom. The van der Waals surface area contributed by atoms with Gasteiger partial charge < -0.3 is 10.3 Å². The maximum Gasteiger partial charge on any atom is 0.274 e. The smallest absolute Gasteiger partial charge is 0.274 e. The molecule has 1 amide bonds. The molecule has 0 aliphatic rings. The fourth-order valence-electron chi connectivity index (χ4n) is 3.20. The number of fused-ring (bicyclic) bond motifs is 2. The first-order valence-corrected chi connectivity index (χ1v) is 8.44. The van der Waals surface area contributed by atoms with E-state index in [4.69, 9.17) is 0 Å². The predicted octanol–water partition coefficient (Wildman–Crippen LogP) is 2.39. The first-order chi connectivity index (χ1) is 12.6. The van der Waals surface area contributed by atoms with Crippen LogP contribution in [0.3, 0.4) is 0 Å². The highest BCUT2D eigenvalue weighted by Gasteiger charge is 2.15. The number of nitrogens with one attached hydrogen (secondary N) is 2. The number of para-hydroxylation sites is 1. The summed E-state index contributed by atoms with van der Waals surface area (Å²) in [7, 11) is 1.55. The van der Waals surface area contributed by atoms with E-state index in [9.17, 15) is 9.59 Å². The standard InChI is InChI=1S/C20H18N4O2/c1-24-20(26)16-8-3-2-7-15(16)18(23-24)19(25)21-11-10-13-12-22-17-9-5-4-6-14(13)17/h2-9,12,22H,10-11H2,1H3,(H,21,25). The third-order valence-electron chi connectivity index (χ3n) is 4.53. The van der Waals surface area contributed by atoms with Gasteiger partial charge in [-0.05, 0) is 24.1 Å². The molecule has 2 heterocycles. The highest BCUT2D eigenvalue weighted by molar-refractivity contribution is 6.04. The Kier molecular flexibility index (Phi) is 4.01. The van der Waals surface area contributed by atoms with Crippen LogP contribution in [0.2, 0.25) is 0 Å². The van der Waals surface area contributed by atoms with Crippen LogP contribution in [0.25, 0.3) is 21.7 Å². The molecule has 0 saturated heterocycles. The van der Waals surface area contributed by atoms with Crippen molar-refractivity contribution in [1.29, 1.82) is 0 Å². The molecular weight excluding hydrogens is 328 g/mol. The van der Waals surface area contributed by atoms with Crippen molar-refractivity contribution < 1.29 is 4.79 Å². The van der Waals surface area contributed by atoms with Gasteiger partial charge in [-0.2, -0.15) is 5.10 Å². The monoisotopic (exact) mass is 346 g/mol. The van der Waals surface area contributed by atoms with E-state index in [1.54, 1.807) is 31.3 Å². The Morgan fingerprint density at radius 2 is 1.77 bits per heavy atom. The minimum absolute atomic E-state index is 0.212. The largest absolute Gasteiger partial charge is 0.361 e. The SMILES string of the molecule is Cn1nc(C(=O)NCCc2c[nH]c3ccccc23)c2ccccc2c1=O. The molecule has 6 heteroatoms. The van der Waals surface area contributed by atoms with E-state index in [-0.39, 0.29) is 17.2 Å². The zero-order valence-corrected chi connectivity index (χ0v) is 14.3. The van der Waals surface area contributed by atoms with E-state index >= 15 is 0 Å². The molecule has 130 valence electrons. The van der Waals surface area contributed by atoms with Crippen molar-refractivity contribution in [2.45, 2.75) is 6.42 Å². The van der Waals surface area contributed by atoms with Crippen LogP contribution >= 0.6 is 0 Å². The number of hydrogen-bond donors (Lipinski definition) is 2. The van der Waals surface area contributed by atoms with E-state index in [1.807, 2.05) is 24.4 Å². The van der Waals surface area contributed by atoms with Crippen molar-refractivity contribution in [3.63, 3.8) is 0 Å². The van der Waals surface area contributed by atoms with Gasteiger partial charge in [0.05, 0.1) is 5.39 Å². The third kappa shape index (κ3) is 2.75. The first-order valence-electron chi connectivity index (χ1n) is 8.44.